The Labute approximate surface area is 139 Å². The average molecular weight is 324 g/mol. The van der Waals surface area contributed by atoms with Crippen LogP contribution in [0.4, 0.5) is 16.0 Å². The Kier molecular flexibility index (Phi) is 3.74. The van der Waals surface area contributed by atoms with E-state index in [1.807, 2.05) is 6.07 Å². The minimum atomic E-state index is -0.302. The van der Waals surface area contributed by atoms with Crippen LogP contribution in [0.2, 0.25) is 0 Å². The first kappa shape index (κ1) is 14.8. The molecule has 1 aromatic heterocycles. The topological polar surface area (TPSA) is 52.0 Å². The van der Waals surface area contributed by atoms with Gasteiger partial charge in [0.05, 0.1) is 18.9 Å². The minimum Gasteiger partial charge on any atom is -0.380 e. The van der Waals surface area contributed by atoms with Gasteiger partial charge in [-0.05, 0) is 48.4 Å². The maximum absolute atomic E-state index is 13.3. The lowest BCUT2D eigenvalue weighted by Crippen LogP contribution is -2.25. The van der Waals surface area contributed by atoms with Crippen LogP contribution in [0.5, 0.6) is 0 Å². The van der Waals surface area contributed by atoms with E-state index in [-0.39, 0.29) is 5.82 Å². The Balaban J connectivity index is 1.56. The zero-order valence-electron chi connectivity index (χ0n) is 13.2. The number of rotatable bonds is 4. The van der Waals surface area contributed by atoms with E-state index in [2.05, 4.69) is 34.5 Å². The summed E-state index contributed by atoms with van der Waals surface area (Å²) in [6.45, 7) is 3.61. The second-order valence-electron chi connectivity index (χ2n) is 5.98. The van der Waals surface area contributed by atoms with Crippen LogP contribution in [0.1, 0.15) is 17.0 Å². The average Bonchev–Trinajstić information content (AvgIpc) is 2.93. The van der Waals surface area contributed by atoms with E-state index >= 15 is 0 Å². The Morgan fingerprint density at radius 1 is 1.21 bits per heavy atom. The first-order valence-corrected chi connectivity index (χ1v) is 7.81. The molecule has 1 aliphatic heterocycles. The molecule has 0 atom stereocenters. The number of hydrogen-bond acceptors (Lipinski definition) is 4. The number of nitrogens with one attached hydrogen (secondary N) is 1. The van der Waals surface area contributed by atoms with Gasteiger partial charge < -0.3 is 10.1 Å². The molecule has 0 spiro atoms. The number of anilines is 2. The van der Waals surface area contributed by atoms with Crippen molar-refractivity contribution in [2.45, 2.75) is 12.8 Å². The molecule has 3 aromatic rings. The molecule has 5 nitrogen and oxygen atoms in total. The second kappa shape index (κ2) is 6.05. The highest BCUT2D eigenvalue weighted by molar-refractivity contribution is 5.56. The number of halogens is 1. The highest BCUT2D eigenvalue weighted by atomic mass is 19.1. The molecule has 2 aromatic carbocycles. The van der Waals surface area contributed by atoms with Gasteiger partial charge in [0, 0.05) is 11.6 Å². The Morgan fingerprint density at radius 2 is 2.08 bits per heavy atom. The van der Waals surface area contributed by atoms with Crippen LogP contribution in [-0.2, 0) is 4.74 Å². The molecule has 0 amide bonds. The zero-order chi connectivity index (χ0) is 16.5. The Bertz CT molecular complexity index is 873. The van der Waals surface area contributed by atoms with Crippen LogP contribution in [0, 0.1) is 12.7 Å². The van der Waals surface area contributed by atoms with Crippen LogP contribution >= 0.6 is 0 Å². The molecule has 0 radical (unpaired) electrons. The van der Waals surface area contributed by atoms with Crippen molar-refractivity contribution in [3.63, 3.8) is 0 Å². The standard InChI is InChI=1S/C18H17FN4O/c1-12-5-13(14-9-24-10-14)7-16(6-12)21-18-20-11-23(22-18)17-4-2-3-15(19)8-17/h2-8,11,14H,9-10H2,1H3,(H,21,22). The quantitative estimate of drug-likeness (QED) is 0.797. The third-order valence-electron chi connectivity index (χ3n) is 4.03. The van der Waals surface area contributed by atoms with E-state index in [9.17, 15) is 4.39 Å². The summed E-state index contributed by atoms with van der Waals surface area (Å²) in [6, 6.07) is 12.6. The maximum Gasteiger partial charge on any atom is 0.246 e. The summed E-state index contributed by atoms with van der Waals surface area (Å²) in [6.07, 6.45) is 1.56. The summed E-state index contributed by atoms with van der Waals surface area (Å²) < 4.78 is 20.1. The van der Waals surface area contributed by atoms with Gasteiger partial charge in [0.1, 0.15) is 12.1 Å². The van der Waals surface area contributed by atoms with Crippen LogP contribution in [0.3, 0.4) is 0 Å². The summed E-state index contributed by atoms with van der Waals surface area (Å²) in [7, 11) is 0. The van der Waals surface area contributed by atoms with Crippen molar-refractivity contribution in [2.75, 3.05) is 18.5 Å². The Hall–Kier alpha value is -2.73. The number of nitrogens with zero attached hydrogens (tertiary/aromatic N) is 3. The van der Waals surface area contributed by atoms with Crippen molar-refractivity contribution in [2.24, 2.45) is 0 Å². The predicted octanol–water partition coefficient (Wildman–Crippen LogP) is 3.57. The summed E-state index contributed by atoms with van der Waals surface area (Å²) >= 11 is 0. The third kappa shape index (κ3) is 3.00. The van der Waals surface area contributed by atoms with Gasteiger partial charge >= 0.3 is 0 Å². The van der Waals surface area contributed by atoms with Crippen molar-refractivity contribution in [3.8, 4) is 5.69 Å². The van der Waals surface area contributed by atoms with Crippen LogP contribution in [0.15, 0.2) is 48.8 Å². The first-order valence-electron chi connectivity index (χ1n) is 7.81. The lowest BCUT2D eigenvalue weighted by atomic mass is 9.95. The van der Waals surface area contributed by atoms with Gasteiger partial charge in [0.15, 0.2) is 0 Å². The number of hydrogen-bond donors (Lipinski definition) is 1. The van der Waals surface area contributed by atoms with Gasteiger partial charge in [-0.15, -0.1) is 5.10 Å². The number of ether oxygens (including phenoxy) is 1. The molecule has 0 unspecified atom stereocenters. The monoisotopic (exact) mass is 324 g/mol. The van der Waals surface area contributed by atoms with Gasteiger partial charge in [-0.1, -0.05) is 12.1 Å². The normalized spacial score (nSPS) is 14.4. The first-order chi connectivity index (χ1) is 11.7. The van der Waals surface area contributed by atoms with Crippen molar-refractivity contribution < 1.29 is 9.13 Å². The second-order valence-corrected chi connectivity index (χ2v) is 5.98. The summed E-state index contributed by atoms with van der Waals surface area (Å²) in [5.74, 6) is 0.632. The molecule has 24 heavy (non-hydrogen) atoms. The van der Waals surface area contributed by atoms with Crippen LogP contribution in [0.25, 0.3) is 5.69 Å². The smallest absolute Gasteiger partial charge is 0.246 e. The lowest BCUT2D eigenvalue weighted by molar-refractivity contribution is 0.00843. The fourth-order valence-corrected chi connectivity index (χ4v) is 2.74. The highest BCUT2D eigenvalue weighted by Gasteiger charge is 2.21. The van der Waals surface area contributed by atoms with Crippen molar-refractivity contribution in [1.82, 2.24) is 14.8 Å². The molecule has 1 aliphatic rings. The van der Waals surface area contributed by atoms with Crippen molar-refractivity contribution in [1.29, 1.82) is 0 Å². The Morgan fingerprint density at radius 3 is 2.83 bits per heavy atom. The molecule has 6 heteroatoms. The zero-order valence-corrected chi connectivity index (χ0v) is 13.2. The van der Waals surface area contributed by atoms with Gasteiger partial charge in [-0.25, -0.2) is 9.07 Å². The largest absolute Gasteiger partial charge is 0.380 e. The van der Waals surface area contributed by atoms with E-state index in [0.29, 0.717) is 17.6 Å². The van der Waals surface area contributed by atoms with E-state index in [1.54, 1.807) is 23.1 Å². The molecule has 0 saturated carbocycles. The molecule has 1 fully saturated rings. The van der Waals surface area contributed by atoms with E-state index < -0.39 is 0 Å². The van der Waals surface area contributed by atoms with Crippen LogP contribution < -0.4 is 5.32 Å². The highest BCUT2D eigenvalue weighted by Crippen LogP contribution is 2.28. The molecular formula is C18H17FN4O. The minimum absolute atomic E-state index is 0.302. The summed E-state index contributed by atoms with van der Waals surface area (Å²) in [5, 5.41) is 7.57. The van der Waals surface area contributed by atoms with E-state index in [0.717, 1.165) is 18.9 Å². The molecular weight excluding hydrogens is 307 g/mol. The van der Waals surface area contributed by atoms with Crippen molar-refractivity contribution in [3.05, 3.63) is 65.7 Å². The summed E-state index contributed by atoms with van der Waals surface area (Å²) in [4.78, 5) is 4.25. The number of aromatic nitrogens is 3. The van der Waals surface area contributed by atoms with Gasteiger partial charge in [-0.2, -0.15) is 4.98 Å². The van der Waals surface area contributed by atoms with E-state index in [1.165, 1.54) is 23.3 Å². The van der Waals surface area contributed by atoms with Gasteiger partial charge in [-0.3, -0.25) is 0 Å². The SMILES string of the molecule is Cc1cc(Nc2ncn(-c3cccc(F)c3)n2)cc(C2COC2)c1. The molecule has 4 rings (SSSR count). The third-order valence-corrected chi connectivity index (χ3v) is 4.03. The molecule has 1 saturated heterocycles. The predicted molar refractivity (Wildman–Crippen MR) is 89.3 cm³/mol. The van der Waals surface area contributed by atoms with Gasteiger partial charge in [0.2, 0.25) is 5.95 Å². The number of benzene rings is 2. The van der Waals surface area contributed by atoms with Gasteiger partial charge in [0.25, 0.3) is 0 Å². The lowest BCUT2D eigenvalue weighted by Gasteiger charge is -2.27. The fourth-order valence-electron chi connectivity index (χ4n) is 2.74. The molecule has 0 aliphatic carbocycles. The molecule has 1 N–H and O–H groups in total. The fraction of sp³-hybridized carbons (Fsp3) is 0.222. The summed E-state index contributed by atoms with van der Waals surface area (Å²) in [5.41, 5.74) is 4.00. The van der Waals surface area contributed by atoms with Crippen LogP contribution in [-0.4, -0.2) is 28.0 Å². The molecule has 122 valence electrons. The van der Waals surface area contributed by atoms with Crippen molar-refractivity contribution >= 4 is 11.6 Å². The van der Waals surface area contributed by atoms with E-state index in [4.69, 9.17) is 4.74 Å². The molecule has 0 bridgehead atoms. The number of aryl methyl sites for hydroxylation is 1. The maximum atomic E-state index is 13.3. The molecule has 2 heterocycles.